The summed E-state index contributed by atoms with van der Waals surface area (Å²) in [5.74, 6) is -3.05. The van der Waals surface area contributed by atoms with Crippen LogP contribution in [0.3, 0.4) is 0 Å². The Morgan fingerprint density at radius 2 is 2.00 bits per heavy atom. The van der Waals surface area contributed by atoms with Gasteiger partial charge in [0.2, 0.25) is 0 Å². The number of carboxylic acid groups (broad SMARTS) is 1. The van der Waals surface area contributed by atoms with Crippen molar-refractivity contribution in [3.8, 4) is 0 Å². The molecule has 4 heteroatoms. The maximum Gasteiger partial charge on any atom is 0.306 e. The summed E-state index contributed by atoms with van der Waals surface area (Å²) in [6.45, 7) is 0. The van der Waals surface area contributed by atoms with E-state index in [0.29, 0.717) is 12.8 Å². The highest BCUT2D eigenvalue weighted by molar-refractivity contribution is 5.70. The van der Waals surface area contributed by atoms with E-state index in [9.17, 15) is 13.6 Å². The van der Waals surface area contributed by atoms with Gasteiger partial charge in [-0.25, -0.2) is 8.78 Å². The van der Waals surface area contributed by atoms with E-state index in [1.807, 2.05) is 0 Å². The van der Waals surface area contributed by atoms with Crippen LogP contribution in [-0.2, 0) is 11.2 Å². The van der Waals surface area contributed by atoms with E-state index in [1.165, 1.54) is 12.1 Å². The van der Waals surface area contributed by atoms with Crippen molar-refractivity contribution in [1.82, 2.24) is 0 Å². The van der Waals surface area contributed by atoms with Gasteiger partial charge in [0.15, 0.2) is 11.6 Å². The summed E-state index contributed by atoms with van der Waals surface area (Å²) in [6, 6.07) is 4.08. The number of hydrogen-bond acceptors (Lipinski definition) is 1. The van der Waals surface area contributed by atoms with Crippen molar-refractivity contribution in [2.24, 2.45) is 11.8 Å². The minimum absolute atomic E-state index is 0.0902. The Labute approximate surface area is 105 Å². The van der Waals surface area contributed by atoms with Crippen molar-refractivity contribution in [3.63, 3.8) is 0 Å². The van der Waals surface area contributed by atoms with Crippen LogP contribution in [0.5, 0.6) is 0 Å². The lowest BCUT2D eigenvalue weighted by Crippen LogP contribution is -2.28. The summed E-state index contributed by atoms with van der Waals surface area (Å²) in [7, 11) is 0. The van der Waals surface area contributed by atoms with Crippen molar-refractivity contribution in [2.75, 3.05) is 0 Å². The first-order valence-corrected chi connectivity index (χ1v) is 6.25. The van der Waals surface area contributed by atoms with Gasteiger partial charge in [0.25, 0.3) is 0 Å². The van der Waals surface area contributed by atoms with Crippen LogP contribution in [0.15, 0.2) is 18.2 Å². The fourth-order valence-electron chi connectivity index (χ4n) is 2.77. The summed E-state index contributed by atoms with van der Waals surface area (Å²) < 4.78 is 26.7. The molecule has 1 saturated carbocycles. The molecule has 2 nitrogen and oxygen atoms in total. The second kappa shape index (κ2) is 5.46. The molecule has 0 radical (unpaired) electrons. The van der Waals surface area contributed by atoms with Crippen LogP contribution < -0.4 is 0 Å². The van der Waals surface area contributed by atoms with Crippen molar-refractivity contribution < 1.29 is 18.7 Å². The number of hydrogen-bond donors (Lipinski definition) is 1. The minimum atomic E-state index is -0.866. The molecule has 0 amide bonds. The number of benzene rings is 1. The highest BCUT2D eigenvalue weighted by atomic mass is 19.2. The molecule has 1 aliphatic carbocycles. The van der Waals surface area contributed by atoms with Crippen LogP contribution in [0.1, 0.15) is 31.2 Å². The molecular weight excluding hydrogens is 238 g/mol. The SMILES string of the molecule is O=C(O)C1CCCCC1Cc1cccc(F)c1F. The smallest absolute Gasteiger partial charge is 0.306 e. The summed E-state index contributed by atoms with van der Waals surface area (Å²) in [6.07, 6.45) is 3.58. The quantitative estimate of drug-likeness (QED) is 0.897. The molecule has 0 heterocycles. The molecule has 0 aromatic heterocycles. The Bertz CT molecular complexity index is 445. The Balaban J connectivity index is 2.16. The van der Waals surface area contributed by atoms with Gasteiger partial charge in [0.05, 0.1) is 5.92 Å². The Morgan fingerprint density at radius 3 is 2.72 bits per heavy atom. The van der Waals surface area contributed by atoms with Crippen LogP contribution >= 0.6 is 0 Å². The highest BCUT2D eigenvalue weighted by Gasteiger charge is 2.31. The highest BCUT2D eigenvalue weighted by Crippen LogP contribution is 2.33. The number of carboxylic acids is 1. The molecule has 0 aliphatic heterocycles. The predicted molar refractivity (Wildman–Crippen MR) is 63.1 cm³/mol. The number of carbonyl (C=O) groups is 1. The first-order valence-electron chi connectivity index (χ1n) is 6.25. The average molecular weight is 254 g/mol. The van der Waals surface area contributed by atoms with Gasteiger partial charge in [0, 0.05) is 0 Å². The molecular formula is C14H16F2O2. The maximum atomic E-state index is 13.6. The van der Waals surface area contributed by atoms with E-state index in [-0.39, 0.29) is 11.5 Å². The molecule has 2 rings (SSSR count). The number of rotatable bonds is 3. The van der Waals surface area contributed by atoms with Gasteiger partial charge < -0.3 is 5.11 Å². The van der Waals surface area contributed by atoms with E-state index in [0.717, 1.165) is 25.3 Å². The molecule has 0 spiro atoms. The molecule has 1 aromatic rings. The van der Waals surface area contributed by atoms with E-state index < -0.39 is 23.5 Å². The molecule has 2 unspecified atom stereocenters. The van der Waals surface area contributed by atoms with Gasteiger partial charge in [-0.15, -0.1) is 0 Å². The van der Waals surface area contributed by atoms with Crippen LogP contribution in [-0.4, -0.2) is 11.1 Å². The van der Waals surface area contributed by atoms with E-state index in [4.69, 9.17) is 5.11 Å². The van der Waals surface area contributed by atoms with Crippen LogP contribution in [0.2, 0.25) is 0 Å². The largest absolute Gasteiger partial charge is 0.481 e. The molecule has 0 saturated heterocycles. The van der Waals surface area contributed by atoms with Gasteiger partial charge in [-0.1, -0.05) is 25.0 Å². The number of halogens is 2. The molecule has 98 valence electrons. The van der Waals surface area contributed by atoms with Gasteiger partial charge in [-0.05, 0) is 36.8 Å². The maximum absolute atomic E-state index is 13.6. The summed E-state index contributed by atoms with van der Waals surface area (Å²) in [5.41, 5.74) is 0.285. The Morgan fingerprint density at radius 1 is 1.28 bits per heavy atom. The molecule has 0 bridgehead atoms. The van der Waals surface area contributed by atoms with E-state index >= 15 is 0 Å². The lowest BCUT2D eigenvalue weighted by Gasteiger charge is -2.28. The van der Waals surface area contributed by atoms with Crippen molar-refractivity contribution in [3.05, 3.63) is 35.4 Å². The average Bonchev–Trinajstić information content (AvgIpc) is 2.35. The third-order valence-corrected chi connectivity index (χ3v) is 3.74. The predicted octanol–water partition coefficient (Wildman–Crippen LogP) is 3.40. The normalized spacial score (nSPS) is 23.9. The molecule has 1 N–H and O–H groups in total. The summed E-state index contributed by atoms with van der Waals surface area (Å²) in [4.78, 5) is 11.1. The molecule has 1 aliphatic rings. The Hall–Kier alpha value is -1.45. The first kappa shape index (κ1) is 13.0. The molecule has 1 aromatic carbocycles. The fourth-order valence-corrected chi connectivity index (χ4v) is 2.77. The fraction of sp³-hybridized carbons (Fsp3) is 0.500. The standard InChI is InChI=1S/C14H16F2O2/c15-12-7-3-5-10(13(12)16)8-9-4-1-2-6-11(9)14(17)18/h3,5,7,9,11H,1-2,4,6,8H2,(H,17,18). The second-order valence-electron chi connectivity index (χ2n) is 4.91. The summed E-state index contributed by atoms with van der Waals surface area (Å²) in [5, 5.41) is 9.14. The third-order valence-electron chi connectivity index (χ3n) is 3.74. The third kappa shape index (κ3) is 2.68. The second-order valence-corrected chi connectivity index (χ2v) is 4.91. The Kier molecular flexibility index (Phi) is 3.94. The molecule has 2 atom stereocenters. The van der Waals surface area contributed by atoms with Crippen LogP contribution in [0.4, 0.5) is 8.78 Å². The monoisotopic (exact) mass is 254 g/mol. The van der Waals surface area contributed by atoms with Gasteiger partial charge >= 0.3 is 5.97 Å². The summed E-state index contributed by atoms with van der Waals surface area (Å²) >= 11 is 0. The lowest BCUT2D eigenvalue weighted by atomic mass is 9.76. The zero-order valence-electron chi connectivity index (χ0n) is 10.0. The number of aliphatic carboxylic acids is 1. The van der Waals surface area contributed by atoms with Crippen molar-refractivity contribution in [2.45, 2.75) is 32.1 Å². The minimum Gasteiger partial charge on any atom is -0.481 e. The van der Waals surface area contributed by atoms with Gasteiger partial charge in [-0.2, -0.15) is 0 Å². The zero-order valence-corrected chi connectivity index (χ0v) is 10.0. The van der Waals surface area contributed by atoms with Crippen molar-refractivity contribution in [1.29, 1.82) is 0 Å². The molecule has 18 heavy (non-hydrogen) atoms. The zero-order chi connectivity index (χ0) is 13.1. The van der Waals surface area contributed by atoms with Gasteiger partial charge in [0.1, 0.15) is 0 Å². The van der Waals surface area contributed by atoms with Crippen LogP contribution in [0.25, 0.3) is 0 Å². The molecule has 1 fully saturated rings. The van der Waals surface area contributed by atoms with E-state index in [2.05, 4.69) is 0 Å². The van der Waals surface area contributed by atoms with Crippen LogP contribution in [0, 0.1) is 23.5 Å². The topological polar surface area (TPSA) is 37.3 Å². The van der Waals surface area contributed by atoms with Crippen molar-refractivity contribution >= 4 is 5.97 Å². The lowest BCUT2D eigenvalue weighted by molar-refractivity contribution is -0.144. The van der Waals surface area contributed by atoms with E-state index in [1.54, 1.807) is 0 Å². The van der Waals surface area contributed by atoms with Gasteiger partial charge in [-0.3, -0.25) is 4.79 Å². The first-order chi connectivity index (χ1) is 8.59.